The third-order valence-corrected chi connectivity index (χ3v) is 4.86. The van der Waals surface area contributed by atoms with Crippen molar-refractivity contribution in [2.24, 2.45) is 5.73 Å². The fourth-order valence-electron chi connectivity index (χ4n) is 3.07. The minimum atomic E-state index is -0.661. The van der Waals surface area contributed by atoms with E-state index in [-0.39, 0.29) is 0 Å². The molecule has 0 fully saturated rings. The summed E-state index contributed by atoms with van der Waals surface area (Å²) >= 11 is 0. The summed E-state index contributed by atoms with van der Waals surface area (Å²) in [5.74, 6) is 0.0917. The van der Waals surface area contributed by atoms with E-state index in [1.54, 1.807) is 0 Å². The minimum absolute atomic E-state index is 0.334. The van der Waals surface area contributed by atoms with Crippen LogP contribution in [-0.4, -0.2) is 42.3 Å². The standard InChI is InChI=1S/C21H43N3O2/c1-24(2)21(22)23-19-17-15-13-11-9-7-5-3-4-6-8-10-12-14-16-18-20(25)26/h3-19H2,1-2H3,(H3,22,23,25,26)/p+1. The Morgan fingerprint density at radius 3 is 1.42 bits per heavy atom. The molecule has 0 aliphatic rings. The summed E-state index contributed by atoms with van der Waals surface area (Å²) in [6, 6.07) is 0. The lowest BCUT2D eigenvalue weighted by Crippen LogP contribution is -2.38. The normalized spacial score (nSPS) is 10.7. The molecule has 4 N–H and O–H groups in total. The summed E-state index contributed by atoms with van der Waals surface area (Å²) in [7, 11) is 3.90. The van der Waals surface area contributed by atoms with E-state index in [1.807, 2.05) is 18.7 Å². The molecule has 5 heteroatoms. The van der Waals surface area contributed by atoms with E-state index in [0.717, 1.165) is 25.3 Å². The van der Waals surface area contributed by atoms with Crippen LogP contribution in [0.1, 0.15) is 103 Å². The summed E-state index contributed by atoms with van der Waals surface area (Å²) in [4.78, 5) is 10.4. The molecule has 0 spiro atoms. The molecule has 0 unspecified atom stereocenters. The fraction of sp³-hybridized carbons (Fsp3) is 0.905. The average molecular weight is 371 g/mol. The fourth-order valence-corrected chi connectivity index (χ4v) is 3.07. The number of rotatable bonds is 18. The van der Waals surface area contributed by atoms with Crippen molar-refractivity contribution in [2.45, 2.75) is 103 Å². The lowest BCUT2D eigenvalue weighted by atomic mass is 10.0. The predicted molar refractivity (Wildman–Crippen MR) is 111 cm³/mol. The van der Waals surface area contributed by atoms with Crippen LogP contribution in [-0.2, 0) is 4.79 Å². The van der Waals surface area contributed by atoms with Gasteiger partial charge in [-0.1, -0.05) is 83.5 Å². The van der Waals surface area contributed by atoms with Crippen LogP contribution in [0.5, 0.6) is 0 Å². The molecule has 5 nitrogen and oxygen atoms in total. The van der Waals surface area contributed by atoms with E-state index in [1.165, 1.54) is 83.5 Å². The Morgan fingerprint density at radius 2 is 1.08 bits per heavy atom. The molecule has 0 aromatic heterocycles. The Labute approximate surface area is 161 Å². The molecule has 0 aliphatic heterocycles. The van der Waals surface area contributed by atoms with Gasteiger partial charge in [-0.25, -0.2) is 0 Å². The molecule has 0 amide bonds. The molecule has 0 saturated heterocycles. The van der Waals surface area contributed by atoms with Crippen LogP contribution in [0, 0.1) is 0 Å². The lowest BCUT2D eigenvalue weighted by molar-refractivity contribution is -0.467. The van der Waals surface area contributed by atoms with E-state index >= 15 is 0 Å². The predicted octanol–water partition coefficient (Wildman–Crippen LogP) is 4.49. The second-order valence-corrected chi connectivity index (χ2v) is 7.65. The van der Waals surface area contributed by atoms with Crippen molar-refractivity contribution >= 4 is 11.9 Å². The Bertz CT molecular complexity index is 366. The maximum absolute atomic E-state index is 10.4. The third-order valence-electron chi connectivity index (χ3n) is 4.86. The number of hydrogen-bond donors (Lipinski definition) is 3. The minimum Gasteiger partial charge on any atom is -0.481 e. The van der Waals surface area contributed by atoms with Crippen LogP contribution in [0.4, 0.5) is 0 Å². The van der Waals surface area contributed by atoms with Crippen LogP contribution >= 0.6 is 0 Å². The van der Waals surface area contributed by atoms with Gasteiger partial charge in [0.25, 0.3) is 0 Å². The topological polar surface area (TPSA) is 78.4 Å². The van der Waals surface area contributed by atoms with Crippen LogP contribution in [0.25, 0.3) is 0 Å². The second kappa shape index (κ2) is 18.5. The summed E-state index contributed by atoms with van der Waals surface area (Å²) in [5, 5.41) is 11.8. The Morgan fingerprint density at radius 1 is 0.731 bits per heavy atom. The van der Waals surface area contributed by atoms with Crippen molar-refractivity contribution in [2.75, 3.05) is 20.6 Å². The first kappa shape index (κ1) is 24.7. The van der Waals surface area contributed by atoms with Gasteiger partial charge < -0.3 is 5.11 Å². The highest BCUT2D eigenvalue weighted by atomic mass is 16.4. The van der Waals surface area contributed by atoms with E-state index in [2.05, 4.69) is 5.32 Å². The van der Waals surface area contributed by atoms with Crippen molar-refractivity contribution in [3.8, 4) is 0 Å². The molecule has 0 bridgehead atoms. The second-order valence-electron chi connectivity index (χ2n) is 7.65. The molecule has 0 aromatic carbocycles. The lowest BCUT2D eigenvalue weighted by Gasteiger charge is -2.04. The van der Waals surface area contributed by atoms with Gasteiger partial charge in [0, 0.05) is 6.42 Å². The van der Waals surface area contributed by atoms with Crippen LogP contribution in [0.15, 0.2) is 0 Å². The van der Waals surface area contributed by atoms with Crippen molar-refractivity contribution in [3.63, 3.8) is 0 Å². The highest BCUT2D eigenvalue weighted by Gasteiger charge is 1.99. The first-order chi connectivity index (χ1) is 12.5. The number of nitrogens with two attached hydrogens (primary N) is 1. The first-order valence-electron chi connectivity index (χ1n) is 10.8. The number of hydrogen-bond acceptors (Lipinski definition) is 1. The van der Waals surface area contributed by atoms with Gasteiger partial charge in [-0.05, 0) is 12.8 Å². The third kappa shape index (κ3) is 19.1. The molecule has 154 valence electrons. The molecule has 0 aliphatic carbocycles. The molecular formula is C21H44N3O2+. The quantitative estimate of drug-likeness (QED) is 0.144. The van der Waals surface area contributed by atoms with E-state index in [9.17, 15) is 4.79 Å². The first-order valence-corrected chi connectivity index (χ1v) is 10.8. The van der Waals surface area contributed by atoms with Crippen LogP contribution in [0.3, 0.4) is 0 Å². The van der Waals surface area contributed by atoms with E-state index in [0.29, 0.717) is 6.42 Å². The molecule has 0 heterocycles. The number of nitrogens with one attached hydrogen (secondary N) is 1. The molecular weight excluding hydrogens is 326 g/mol. The highest BCUT2D eigenvalue weighted by Crippen LogP contribution is 2.13. The molecule has 0 saturated carbocycles. The van der Waals surface area contributed by atoms with Crippen molar-refractivity contribution < 1.29 is 14.5 Å². The summed E-state index contributed by atoms with van der Waals surface area (Å²) < 4.78 is 1.91. The molecule has 0 radical (unpaired) electrons. The Balaban J connectivity index is 3.09. The van der Waals surface area contributed by atoms with Gasteiger partial charge in [0.05, 0.1) is 20.6 Å². The van der Waals surface area contributed by atoms with Gasteiger partial charge in [-0.3, -0.25) is 20.4 Å². The molecule has 0 aromatic rings. The van der Waals surface area contributed by atoms with Crippen LogP contribution < -0.4 is 11.1 Å². The van der Waals surface area contributed by atoms with Gasteiger partial charge in [0.1, 0.15) is 0 Å². The number of unbranched alkanes of at least 4 members (excludes halogenated alkanes) is 14. The van der Waals surface area contributed by atoms with Crippen molar-refractivity contribution in [3.05, 3.63) is 0 Å². The molecule has 26 heavy (non-hydrogen) atoms. The van der Waals surface area contributed by atoms with Crippen molar-refractivity contribution in [1.82, 2.24) is 5.32 Å². The molecule has 0 rings (SSSR count). The largest absolute Gasteiger partial charge is 0.481 e. The zero-order valence-corrected chi connectivity index (χ0v) is 17.4. The smallest absolute Gasteiger partial charge is 0.342 e. The number of carbonyl (C=O) groups is 1. The Kier molecular flexibility index (Phi) is 17.6. The summed E-state index contributed by atoms with van der Waals surface area (Å²) in [6.07, 6.45) is 19.5. The van der Waals surface area contributed by atoms with Gasteiger partial charge in [-0.15, -0.1) is 0 Å². The number of carboxylic acid groups (broad SMARTS) is 1. The number of nitrogens with zero attached hydrogens (tertiary/aromatic N) is 1. The zero-order valence-electron chi connectivity index (χ0n) is 17.4. The van der Waals surface area contributed by atoms with Crippen LogP contribution in [0.2, 0.25) is 0 Å². The summed E-state index contributed by atoms with van der Waals surface area (Å²) in [6.45, 7) is 0.976. The Hall–Kier alpha value is -1.26. The zero-order chi connectivity index (χ0) is 19.5. The highest BCUT2D eigenvalue weighted by molar-refractivity contribution is 5.72. The maximum atomic E-state index is 10.4. The van der Waals surface area contributed by atoms with Gasteiger partial charge in [0.15, 0.2) is 0 Å². The number of aliphatic carboxylic acids is 1. The SMILES string of the molecule is C[N+](C)=C(N)NCCCCCCCCCCCCCCCCCC(=O)O. The van der Waals surface area contributed by atoms with Gasteiger partial charge >= 0.3 is 11.9 Å². The molecule has 0 atom stereocenters. The van der Waals surface area contributed by atoms with Crippen molar-refractivity contribution in [1.29, 1.82) is 0 Å². The maximum Gasteiger partial charge on any atom is 0.342 e. The number of guanidine groups is 1. The van der Waals surface area contributed by atoms with Gasteiger partial charge in [0.2, 0.25) is 0 Å². The number of carboxylic acids is 1. The average Bonchev–Trinajstić information content (AvgIpc) is 2.60. The summed E-state index contributed by atoms with van der Waals surface area (Å²) in [5.41, 5.74) is 5.80. The monoisotopic (exact) mass is 370 g/mol. The van der Waals surface area contributed by atoms with Gasteiger partial charge in [-0.2, -0.15) is 0 Å². The van der Waals surface area contributed by atoms with E-state index < -0.39 is 5.97 Å². The van der Waals surface area contributed by atoms with E-state index in [4.69, 9.17) is 10.8 Å².